The molecule has 0 bridgehead atoms. The normalized spacial score (nSPS) is 19.1. The molecule has 1 aromatic carbocycles. The second-order valence-electron chi connectivity index (χ2n) is 6.91. The predicted octanol–water partition coefficient (Wildman–Crippen LogP) is 2.82. The first-order valence-electron chi connectivity index (χ1n) is 9.51. The van der Waals surface area contributed by atoms with Crippen molar-refractivity contribution in [2.45, 2.75) is 39.4 Å². The molecule has 0 saturated carbocycles. The standard InChI is InChI=1S/C20H34N4O2.HI/c1-6-21-20(22-13-16(2)24-11-12-26-15-17(24)3)23(4)14-18-7-9-19(25-5)10-8-18;/h7-10,16-17H,6,11-15H2,1-5H3,(H,21,22);1H. The zero-order valence-corrected chi connectivity index (χ0v) is 19.6. The summed E-state index contributed by atoms with van der Waals surface area (Å²) >= 11 is 0. The molecule has 2 unspecified atom stereocenters. The van der Waals surface area contributed by atoms with Crippen molar-refractivity contribution in [3.8, 4) is 5.75 Å². The molecular weight excluding hydrogens is 455 g/mol. The molecule has 1 N–H and O–H groups in total. The Bertz CT molecular complexity index is 568. The van der Waals surface area contributed by atoms with Crippen LogP contribution in [0.25, 0.3) is 0 Å². The number of methoxy groups -OCH3 is 1. The van der Waals surface area contributed by atoms with E-state index in [-0.39, 0.29) is 24.0 Å². The van der Waals surface area contributed by atoms with Crippen molar-refractivity contribution < 1.29 is 9.47 Å². The molecule has 1 aliphatic heterocycles. The lowest BCUT2D eigenvalue weighted by molar-refractivity contribution is -0.0166. The Hall–Kier alpha value is -1.06. The van der Waals surface area contributed by atoms with Crippen molar-refractivity contribution in [1.82, 2.24) is 15.1 Å². The van der Waals surface area contributed by atoms with Gasteiger partial charge in [-0.15, -0.1) is 24.0 Å². The number of hydrogen-bond acceptors (Lipinski definition) is 4. The Labute approximate surface area is 181 Å². The summed E-state index contributed by atoms with van der Waals surface area (Å²) < 4.78 is 10.8. The van der Waals surface area contributed by atoms with Crippen molar-refractivity contribution in [3.63, 3.8) is 0 Å². The molecule has 7 heteroatoms. The molecule has 2 atom stereocenters. The summed E-state index contributed by atoms with van der Waals surface area (Å²) in [6, 6.07) is 9.03. The minimum absolute atomic E-state index is 0. The molecule has 6 nitrogen and oxygen atoms in total. The highest BCUT2D eigenvalue weighted by Gasteiger charge is 2.23. The van der Waals surface area contributed by atoms with Gasteiger partial charge in [-0.2, -0.15) is 0 Å². The monoisotopic (exact) mass is 490 g/mol. The number of morpholine rings is 1. The maximum Gasteiger partial charge on any atom is 0.194 e. The van der Waals surface area contributed by atoms with E-state index in [0.29, 0.717) is 12.1 Å². The summed E-state index contributed by atoms with van der Waals surface area (Å²) in [4.78, 5) is 9.53. The Morgan fingerprint density at radius 2 is 2.11 bits per heavy atom. The zero-order chi connectivity index (χ0) is 18.9. The average molecular weight is 490 g/mol. The highest BCUT2D eigenvalue weighted by atomic mass is 127. The lowest BCUT2D eigenvalue weighted by Crippen LogP contribution is -2.49. The van der Waals surface area contributed by atoms with Gasteiger partial charge in [-0.25, -0.2) is 0 Å². The van der Waals surface area contributed by atoms with Gasteiger partial charge in [0, 0.05) is 38.8 Å². The summed E-state index contributed by atoms with van der Waals surface area (Å²) in [6.07, 6.45) is 0. The van der Waals surface area contributed by atoms with Crippen LogP contribution in [0, 0.1) is 0 Å². The molecule has 0 spiro atoms. The molecule has 154 valence electrons. The summed E-state index contributed by atoms with van der Waals surface area (Å²) in [7, 11) is 3.77. The van der Waals surface area contributed by atoms with Crippen molar-refractivity contribution in [2.24, 2.45) is 4.99 Å². The van der Waals surface area contributed by atoms with E-state index in [1.807, 2.05) is 12.1 Å². The minimum Gasteiger partial charge on any atom is -0.497 e. The van der Waals surface area contributed by atoms with E-state index in [1.165, 1.54) is 5.56 Å². The van der Waals surface area contributed by atoms with E-state index in [4.69, 9.17) is 14.5 Å². The van der Waals surface area contributed by atoms with Gasteiger partial charge >= 0.3 is 0 Å². The van der Waals surface area contributed by atoms with Gasteiger partial charge in [-0.3, -0.25) is 9.89 Å². The van der Waals surface area contributed by atoms with Crippen LogP contribution in [0.5, 0.6) is 5.75 Å². The summed E-state index contributed by atoms with van der Waals surface area (Å²) in [6.45, 7) is 11.6. The predicted molar refractivity (Wildman–Crippen MR) is 122 cm³/mol. The maximum atomic E-state index is 5.54. The number of benzene rings is 1. The van der Waals surface area contributed by atoms with E-state index < -0.39 is 0 Å². The molecule has 27 heavy (non-hydrogen) atoms. The number of nitrogens with one attached hydrogen (secondary N) is 1. The van der Waals surface area contributed by atoms with Gasteiger partial charge in [0.05, 0.1) is 26.9 Å². The van der Waals surface area contributed by atoms with Gasteiger partial charge in [-0.05, 0) is 38.5 Å². The van der Waals surface area contributed by atoms with Gasteiger partial charge in [0.15, 0.2) is 5.96 Å². The van der Waals surface area contributed by atoms with Crippen LogP contribution >= 0.6 is 24.0 Å². The summed E-state index contributed by atoms with van der Waals surface area (Å²) in [5, 5.41) is 3.40. The van der Waals surface area contributed by atoms with Crippen molar-refractivity contribution in [3.05, 3.63) is 29.8 Å². The molecule has 1 heterocycles. The third-order valence-corrected chi connectivity index (χ3v) is 4.77. The molecule has 2 rings (SSSR count). The highest BCUT2D eigenvalue weighted by Crippen LogP contribution is 2.13. The van der Waals surface area contributed by atoms with E-state index in [9.17, 15) is 0 Å². The lowest BCUT2D eigenvalue weighted by Gasteiger charge is -2.37. The van der Waals surface area contributed by atoms with Crippen LogP contribution in [0.3, 0.4) is 0 Å². The number of aliphatic imine (C=N–C) groups is 1. The Kier molecular flexibility index (Phi) is 11.0. The average Bonchev–Trinajstić information content (AvgIpc) is 2.65. The van der Waals surface area contributed by atoms with Crippen molar-refractivity contribution in [1.29, 1.82) is 0 Å². The third-order valence-electron chi connectivity index (χ3n) is 4.77. The molecule has 1 aliphatic rings. The fourth-order valence-electron chi connectivity index (χ4n) is 3.27. The number of hydrogen-bond donors (Lipinski definition) is 1. The largest absolute Gasteiger partial charge is 0.497 e. The van der Waals surface area contributed by atoms with Gasteiger partial charge in [-0.1, -0.05) is 12.1 Å². The molecule has 0 aliphatic carbocycles. The minimum atomic E-state index is 0. The third kappa shape index (κ3) is 7.46. The quantitative estimate of drug-likeness (QED) is 0.362. The number of ether oxygens (including phenoxy) is 2. The Morgan fingerprint density at radius 3 is 2.70 bits per heavy atom. The first-order valence-corrected chi connectivity index (χ1v) is 9.51. The summed E-state index contributed by atoms with van der Waals surface area (Å²) in [5.41, 5.74) is 1.23. The SMILES string of the molecule is CCNC(=NCC(C)N1CCOCC1C)N(C)Cc1ccc(OC)cc1.I. The van der Waals surface area contributed by atoms with E-state index >= 15 is 0 Å². The van der Waals surface area contributed by atoms with Crippen molar-refractivity contribution in [2.75, 3.05) is 47.0 Å². The van der Waals surface area contributed by atoms with E-state index in [2.05, 4.69) is 55.1 Å². The van der Waals surface area contributed by atoms with E-state index in [1.54, 1.807) is 7.11 Å². The second kappa shape index (κ2) is 12.4. The van der Waals surface area contributed by atoms with Gasteiger partial charge < -0.3 is 19.7 Å². The molecule has 0 aromatic heterocycles. The molecule has 0 radical (unpaired) electrons. The van der Waals surface area contributed by atoms with Crippen LogP contribution in [0.4, 0.5) is 0 Å². The molecule has 1 fully saturated rings. The number of halogens is 1. The topological polar surface area (TPSA) is 49.3 Å². The Balaban J connectivity index is 0.00000364. The first kappa shape index (κ1) is 24.0. The van der Waals surface area contributed by atoms with Gasteiger partial charge in [0.2, 0.25) is 0 Å². The number of nitrogens with zero attached hydrogens (tertiary/aromatic N) is 3. The molecular formula is C20H35IN4O2. The van der Waals surface area contributed by atoms with Crippen molar-refractivity contribution >= 4 is 29.9 Å². The fourth-order valence-corrected chi connectivity index (χ4v) is 3.27. The fraction of sp³-hybridized carbons (Fsp3) is 0.650. The van der Waals surface area contributed by atoms with E-state index in [0.717, 1.165) is 51.1 Å². The highest BCUT2D eigenvalue weighted by molar-refractivity contribution is 14.0. The zero-order valence-electron chi connectivity index (χ0n) is 17.3. The van der Waals surface area contributed by atoms with Crippen LogP contribution in [-0.2, 0) is 11.3 Å². The lowest BCUT2D eigenvalue weighted by atomic mass is 10.2. The second-order valence-corrected chi connectivity index (χ2v) is 6.91. The van der Waals surface area contributed by atoms with Gasteiger partial charge in [0.25, 0.3) is 0 Å². The van der Waals surface area contributed by atoms with Crippen LogP contribution in [0.2, 0.25) is 0 Å². The number of rotatable bonds is 7. The van der Waals surface area contributed by atoms with Crippen LogP contribution < -0.4 is 10.1 Å². The molecule has 1 saturated heterocycles. The number of guanidine groups is 1. The Morgan fingerprint density at radius 1 is 1.41 bits per heavy atom. The molecule has 1 aromatic rings. The van der Waals surface area contributed by atoms with Crippen LogP contribution in [-0.4, -0.2) is 74.8 Å². The van der Waals surface area contributed by atoms with Gasteiger partial charge in [0.1, 0.15) is 5.75 Å². The molecule has 0 amide bonds. The smallest absolute Gasteiger partial charge is 0.194 e. The first-order chi connectivity index (χ1) is 12.5. The maximum absolute atomic E-state index is 5.54. The summed E-state index contributed by atoms with van der Waals surface area (Å²) in [5.74, 6) is 1.82. The van der Waals surface area contributed by atoms with Crippen LogP contribution in [0.1, 0.15) is 26.3 Å². The van der Waals surface area contributed by atoms with Crippen LogP contribution in [0.15, 0.2) is 29.3 Å².